The van der Waals surface area contributed by atoms with Gasteiger partial charge in [-0.15, -0.1) is 5.10 Å². The number of amides is 1. The summed E-state index contributed by atoms with van der Waals surface area (Å²) in [7, 11) is 0. The van der Waals surface area contributed by atoms with E-state index in [4.69, 9.17) is 0 Å². The summed E-state index contributed by atoms with van der Waals surface area (Å²) in [5.41, 5.74) is -0.560. The summed E-state index contributed by atoms with van der Waals surface area (Å²) >= 11 is 0. The Bertz CT molecular complexity index is 1110. The average molecular weight is 402 g/mol. The van der Waals surface area contributed by atoms with Gasteiger partial charge in [0.15, 0.2) is 0 Å². The van der Waals surface area contributed by atoms with Crippen LogP contribution in [-0.4, -0.2) is 38.2 Å². The maximum Gasteiger partial charge on any atom is 0.352 e. The molecule has 1 aliphatic heterocycles. The van der Waals surface area contributed by atoms with E-state index >= 15 is 0 Å². The summed E-state index contributed by atoms with van der Waals surface area (Å²) in [5.74, 6) is -0.761. The van der Waals surface area contributed by atoms with Gasteiger partial charge in [0, 0.05) is 31.0 Å². The summed E-state index contributed by atoms with van der Waals surface area (Å²) in [4.78, 5) is 31.3. The van der Waals surface area contributed by atoms with Crippen LogP contribution in [0.5, 0.6) is 0 Å². The topological polar surface area (TPSA) is 84.5 Å². The average Bonchev–Trinajstić information content (AvgIpc) is 2.95. The Morgan fingerprint density at radius 3 is 2.76 bits per heavy atom. The van der Waals surface area contributed by atoms with E-state index in [1.165, 1.54) is 10.8 Å². The van der Waals surface area contributed by atoms with Crippen LogP contribution in [0, 0.1) is 17.6 Å². The molecule has 0 spiro atoms. The number of rotatable bonds is 4. The predicted octanol–water partition coefficient (Wildman–Crippen LogP) is 2.04. The maximum absolute atomic E-state index is 13.3. The molecule has 0 radical (unpaired) electrons. The molecule has 3 heterocycles. The number of hydrogen-bond acceptors (Lipinski definition) is 5. The highest BCUT2D eigenvalue weighted by molar-refractivity contribution is 5.90. The Balaban J connectivity index is 1.53. The van der Waals surface area contributed by atoms with Gasteiger partial charge in [-0.1, -0.05) is 6.92 Å². The van der Waals surface area contributed by atoms with Crippen molar-refractivity contribution in [3.05, 3.63) is 52.6 Å². The molecule has 1 saturated heterocycles. The highest BCUT2D eigenvalue weighted by Gasteiger charge is 2.19. The van der Waals surface area contributed by atoms with Gasteiger partial charge < -0.3 is 10.2 Å². The van der Waals surface area contributed by atoms with Gasteiger partial charge in [0.25, 0.3) is 5.78 Å². The van der Waals surface area contributed by atoms with Gasteiger partial charge in [0.05, 0.1) is 0 Å². The third-order valence-corrected chi connectivity index (χ3v) is 4.86. The lowest BCUT2D eigenvalue weighted by Gasteiger charge is -2.31. The first-order chi connectivity index (χ1) is 13.9. The van der Waals surface area contributed by atoms with Crippen LogP contribution in [0.3, 0.4) is 0 Å². The molecule has 1 N–H and O–H groups in total. The van der Waals surface area contributed by atoms with Gasteiger partial charge in [-0.25, -0.2) is 22.7 Å². The molecule has 8 nitrogen and oxygen atoms in total. The summed E-state index contributed by atoms with van der Waals surface area (Å²) in [6.45, 7) is 3.56. The molecule has 4 rings (SSSR count). The first-order valence-corrected chi connectivity index (χ1v) is 9.36. The minimum absolute atomic E-state index is 0.0380. The van der Waals surface area contributed by atoms with Crippen molar-refractivity contribution in [1.82, 2.24) is 19.2 Å². The third-order valence-electron chi connectivity index (χ3n) is 4.86. The number of aromatic nitrogens is 4. The van der Waals surface area contributed by atoms with Gasteiger partial charge in [-0.2, -0.15) is 4.98 Å². The number of halogens is 2. The first-order valence-electron chi connectivity index (χ1n) is 9.36. The zero-order valence-corrected chi connectivity index (χ0v) is 15.8. The molecular weight excluding hydrogens is 382 g/mol. The third kappa shape index (κ3) is 4.10. The molecule has 152 valence electrons. The Morgan fingerprint density at radius 2 is 2.03 bits per heavy atom. The second-order valence-corrected chi connectivity index (χ2v) is 7.30. The lowest BCUT2D eigenvalue weighted by Crippen LogP contribution is -2.35. The SMILES string of the molecule is C[C@H]1CCCN(c2ccn3c(=O)n(CC(=O)Nc4cc(F)cc(F)c4)nc3n2)C1. The Labute approximate surface area is 164 Å². The van der Waals surface area contributed by atoms with Gasteiger partial charge in [-0.05, 0) is 37.0 Å². The van der Waals surface area contributed by atoms with E-state index in [-0.39, 0.29) is 11.5 Å². The smallest absolute Gasteiger partial charge is 0.352 e. The lowest BCUT2D eigenvalue weighted by molar-refractivity contribution is -0.117. The molecule has 1 aliphatic rings. The van der Waals surface area contributed by atoms with E-state index < -0.39 is 29.8 Å². The zero-order valence-electron chi connectivity index (χ0n) is 15.8. The number of nitrogens with one attached hydrogen (secondary N) is 1. The van der Waals surface area contributed by atoms with E-state index in [1.54, 1.807) is 12.3 Å². The molecular formula is C19H20F2N6O2. The van der Waals surface area contributed by atoms with Crippen LogP contribution in [0.15, 0.2) is 35.3 Å². The van der Waals surface area contributed by atoms with E-state index in [9.17, 15) is 18.4 Å². The largest absolute Gasteiger partial charge is 0.356 e. The molecule has 1 aromatic carbocycles. The van der Waals surface area contributed by atoms with Gasteiger partial charge in [0.2, 0.25) is 5.91 Å². The van der Waals surface area contributed by atoms with E-state index in [0.29, 0.717) is 12.0 Å². The Morgan fingerprint density at radius 1 is 1.28 bits per heavy atom. The molecule has 1 fully saturated rings. The van der Waals surface area contributed by atoms with Crippen molar-refractivity contribution in [2.75, 3.05) is 23.3 Å². The Kier molecular flexibility index (Phi) is 4.99. The zero-order chi connectivity index (χ0) is 20.5. The number of piperidine rings is 1. The van der Waals surface area contributed by atoms with Crippen LogP contribution < -0.4 is 15.9 Å². The lowest BCUT2D eigenvalue weighted by atomic mass is 10.0. The molecule has 0 bridgehead atoms. The molecule has 0 aliphatic carbocycles. The monoisotopic (exact) mass is 402 g/mol. The first kappa shape index (κ1) is 19.0. The van der Waals surface area contributed by atoms with Crippen molar-refractivity contribution in [2.24, 2.45) is 5.92 Å². The van der Waals surface area contributed by atoms with Gasteiger partial charge in [-0.3, -0.25) is 4.79 Å². The van der Waals surface area contributed by atoms with Crippen LogP contribution >= 0.6 is 0 Å². The van der Waals surface area contributed by atoms with Crippen molar-refractivity contribution in [3.8, 4) is 0 Å². The molecule has 29 heavy (non-hydrogen) atoms. The second kappa shape index (κ2) is 7.61. The highest BCUT2D eigenvalue weighted by Crippen LogP contribution is 2.21. The van der Waals surface area contributed by atoms with E-state index in [2.05, 4.69) is 27.2 Å². The number of carbonyl (C=O) groups excluding carboxylic acids is 1. The minimum atomic E-state index is -0.811. The van der Waals surface area contributed by atoms with Crippen LogP contribution in [0.2, 0.25) is 0 Å². The fraction of sp³-hybridized carbons (Fsp3) is 0.368. The van der Waals surface area contributed by atoms with Gasteiger partial charge >= 0.3 is 5.69 Å². The molecule has 10 heteroatoms. The highest BCUT2D eigenvalue weighted by atomic mass is 19.1. The van der Waals surface area contributed by atoms with Crippen LogP contribution in [0.25, 0.3) is 5.78 Å². The van der Waals surface area contributed by atoms with Crippen molar-refractivity contribution in [2.45, 2.75) is 26.3 Å². The standard InChI is InChI=1S/C19H20F2N6O2/c1-12-3-2-5-25(10-12)16-4-6-26-18(23-16)24-27(19(26)29)11-17(28)22-15-8-13(20)7-14(21)9-15/h4,6-9,12H,2-3,5,10-11H2,1H3,(H,22,28)/t12-/m0/s1. The normalized spacial score (nSPS) is 16.9. The maximum atomic E-state index is 13.3. The summed E-state index contributed by atoms with van der Waals surface area (Å²) in [5, 5.41) is 6.48. The van der Waals surface area contributed by atoms with E-state index in [1.807, 2.05) is 0 Å². The van der Waals surface area contributed by atoms with Crippen molar-refractivity contribution < 1.29 is 13.6 Å². The molecule has 2 aromatic heterocycles. The molecule has 0 unspecified atom stereocenters. The predicted molar refractivity (Wildman–Crippen MR) is 103 cm³/mol. The quantitative estimate of drug-likeness (QED) is 0.722. The number of carbonyl (C=O) groups is 1. The number of nitrogens with zero attached hydrogens (tertiary/aromatic N) is 5. The minimum Gasteiger partial charge on any atom is -0.356 e. The number of anilines is 2. The van der Waals surface area contributed by atoms with Crippen LogP contribution in [-0.2, 0) is 11.3 Å². The summed E-state index contributed by atoms with van der Waals surface area (Å²) < 4.78 is 28.7. The van der Waals surface area contributed by atoms with E-state index in [0.717, 1.165) is 42.1 Å². The fourth-order valence-corrected chi connectivity index (χ4v) is 3.54. The number of hydrogen-bond donors (Lipinski definition) is 1. The van der Waals surface area contributed by atoms with Crippen molar-refractivity contribution in [3.63, 3.8) is 0 Å². The fourth-order valence-electron chi connectivity index (χ4n) is 3.54. The molecule has 1 amide bonds. The summed E-state index contributed by atoms with van der Waals surface area (Å²) in [6.07, 6.45) is 3.84. The molecule has 1 atom stereocenters. The molecule has 0 saturated carbocycles. The second-order valence-electron chi connectivity index (χ2n) is 7.30. The Hall–Kier alpha value is -3.30. The number of fused-ring (bicyclic) bond motifs is 1. The van der Waals surface area contributed by atoms with Crippen LogP contribution in [0.1, 0.15) is 19.8 Å². The number of benzene rings is 1. The van der Waals surface area contributed by atoms with Crippen molar-refractivity contribution in [1.29, 1.82) is 0 Å². The summed E-state index contributed by atoms with van der Waals surface area (Å²) in [6, 6.07) is 4.43. The van der Waals surface area contributed by atoms with Crippen LogP contribution in [0.4, 0.5) is 20.3 Å². The van der Waals surface area contributed by atoms with Crippen molar-refractivity contribution >= 4 is 23.2 Å². The van der Waals surface area contributed by atoms with Gasteiger partial charge in [0.1, 0.15) is 24.0 Å². The molecule has 3 aromatic rings.